The number of carbonyl (C=O) groups excluding carboxylic acids is 2. The number of sulfonamides is 1. The molecule has 0 saturated carbocycles. The van der Waals surface area contributed by atoms with Crippen molar-refractivity contribution in [2.24, 2.45) is 0 Å². The summed E-state index contributed by atoms with van der Waals surface area (Å²) in [6.45, 7) is -0.557. The lowest BCUT2D eigenvalue weighted by Crippen LogP contribution is -2.46. The van der Waals surface area contributed by atoms with Gasteiger partial charge in [0.25, 0.3) is 15.9 Å². The van der Waals surface area contributed by atoms with Crippen LogP contribution in [0.15, 0.2) is 71.6 Å². The number of nitrogens with one attached hydrogen (secondary N) is 4. The lowest BCUT2D eigenvalue weighted by atomic mass is 10.2. The van der Waals surface area contributed by atoms with Crippen LogP contribution in [0.2, 0.25) is 10.0 Å². The van der Waals surface area contributed by atoms with Crippen LogP contribution in [0.1, 0.15) is 16.8 Å². The summed E-state index contributed by atoms with van der Waals surface area (Å²) in [5, 5.41) is 21.7. The third-order valence-corrected chi connectivity index (χ3v) is 7.26. The van der Waals surface area contributed by atoms with E-state index in [0.29, 0.717) is 5.02 Å². The average Bonchev–Trinajstić information content (AvgIpc) is 2.93. The summed E-state index contributed by atoms with van der Waals surface area (Å²) in [6.07, 6.45) is -0.374. The van der Waals surface area contributed by atoms with Gasteiger partial charge < -0.3 is 25.2 Å². The lowest BCUT2D eigenvalue weighted by molar-refractivity contribution is -0.141. The molecular weight excluding hydrogens is 599 g/mol. The molecule has 0 aliphatic heterocycles. The lowest BCUT2D eigenvalue weighted by Gasteiger charge is -2.15. The number of halogens is 2. The van der Waals surface area contributed by atoms with Crippen LogP contribution >= 0.6 is 23.2 Å². The molecule has 0 saturated heterocycles. The smallest absolute Gasteiger partial charge is 0.326 e. The van der Waals surface area contributed by atoms with Crippen molar-refractivity contribution in [2.45, 2.75) is 17.4 Å². The molecule has 41 heavy (non-hydrogen) atoms. The molecule has 2 amide bonds. The van der Waals surface area contributed by atoms with E-state index >= 15 is 0 Å². The van der Waals surface area contributed by atoms with Gasteiger partial charge >= 0.3 is 5.97 Å². The second-order valence-electron chi connectivity index (χ2n) is 8.28. The highest BCUT2D eigenvalue weighted by atomic mass is 35.5. The minimum atomic E-state index is -4.11. The van der Waals surface area contributed by atoms with Crippen molar-refractivity contribution in [1.29, 1.82) is 5.41 Å². The summed E-state index contributed by atoms with van der Waals surface area (Å²) < 4.78 is 38.9. The fourth-order valence-electron chi connectivity index (χ4n) is 3.28. The molecule has 0 heterocycles. The SMILES string of the molecule is COC(=N)C[C@H](NC(=O)CNC(=O)c1ccc(S(=O)(=O)Nc2ccccc2Oc2ccc(Cl)cc2Cl)cc1)C(=O)O. The fraction of sp³-hybridized carbons (Fsp3) is 0.154. The number of benzene rings is 3. The molecule has 0 bridgehead atoms. The van der Waals surface area contributed by atoms with E-state index in [9.17, 15) is 27.9 Å². The van der Waals surface area contributed by atoms with E-state index in [1.165, 1.54) is 43.5 Å². The molecule has 0 radical (unpaired) electrons. The second kappa shape index (κ2) is 13.8. The van der Waals surface area contributed by atoms with Crippen molar-refractivity contribution in [2.75, 3.05) is 18.4 Å². The summed E-state index contributed by atoms with van der Waals surface area (Å²) in [5.41, 5.74) is 0.181. The largest absolute Gasteiger partial charge is 0.484 e. The third-order valence-electron chi connectivity index (χ3n) is 5.35. The molecule has 1 atom stereocenters. The van der Waals surface area contributed by atoms with Crippen LogP contribution in [0, 0.1) is 5.41 Å². The summed E-state index contributed by atoms with van der Waals surface area (Å²) >= 11 is 12.1. The Kier molecular flexibility index (Phi) is 10.5. The van der Waals surface area contributed by atoms with Gasteiger partial charge in [0.15, 0.2) is 11.6 Å². The van der Waals surface area contributed by atoms with Gasteiger partial charge in [-0.3, -0.25) is 19.7 Å². The summed E-state index contributed by atoms with van der Waals surface area (Å²) in [5.74, 6) is -2.78. The zero-order valence-electron chi connectivity index (χ0n) is 21.3. The van der Waals surface area contributed by atoms with Crippen molar-refractivity contribution in [3.05, 3.63) is 82.3 Å². The first-order chi connectivity index (χ1) is 19.4. The van der Waals surface area contributed by atoms with Crippen LogP contribution in [0.3, 0.4) is 0 Å². The molecule has 0 aliphatic rings. The van der Waals surface area contributed by atoms with Crippen LogP contribution in [-0.4, -0.2) is 56.9 Å². The highest BCUT2D eigenvalue weighted by molar-refractivity contribution is 7.92. The fourth-order valence-corrected chi connectivity index (χ4v) is 4.80. The Morgan fingerprint density at radius 1 is 1.00 bits per heavy atom. The van der Waals surface area contributed by atoms with Crippen LogP contribution in [0.4, 0.5) is 5.69 Å². The Morgan fingerprint density at radius 3 is 2.32 bits per heavy atom. The van der Waals surface area contributed by atoms with E-state index in [4.69, 9.17) is 33.3 Å². The van der Waals surface area contributed by atoms with Gasteiger partial charge in [-0.05, 0) is 54.6 Å². The number of carboxylic acid groups (broad SMARTS) is 1. The maximum absolute atomic E-state index is 13.0. The molecule has 3 aromatic rings. The number of rotatable bonds is 12. The maximum Gasteiger partial charge on any atom is 0.326 e. The molecule has 0 aliphatic carbocycles. The van der Waals surface area contributed by atoms with E-state index in [-0.39, 0.29) is 45.0 Å². The highest BCUT2D eigenvalue weighted by Crippen LogP contribution is 2.35. The molecule has 0 unspecified atom stereocenters. The number of ether oxygens (including phenoxy) is 2. The predicted molar refractivity (Wildman–Crippen MR) is 151 cm³/mol. The Balaban J connectivity index is 1.64. The molecule has 3 aromatic carbocycles. The monoisotopic (exact) mass is 622 g/mol. The Hall–Kier alpha value is -4.33. The van der Waals surface area contributed by atoms with Crippen LogP contribution in [0.25, 0.3) is 0 Å². The van der Waals surface area contributed by atoms with E-state index < -0.39 is 40.4 Å². The van der Waals surface area contributed by atoms with Gasteiger partial charge in [-0.15, -0.1) is 0 Å². The number of carbonyl (C=O) groups is 3. The maximum atomic E-state index is 13.0. The first kappa shape index (κ1) is 31.2. The summed E-state index contributed by atoms with van der Waals surface area (Å²) in [4.78, 5) is 35.7. The molecule has 216 valence electrons. The number of methoxy groups -OCH3 is 1. The summed E-state index contributed by atoms with van der Waals surface area (Å²) in [6, 6.07) is 14.4. The number of hydrogen-bond acceptors (Lipinski definition) is 8. The minimum absolute atomic E-state index is 0.0498. The Labute approximate surface area is 245 Å². The van der Waals surface area contributed by atoms with Crippen molar-refractivity contribution in [1.82, 2.24) is 10.6 Å². The topological polar surface area (TPSA) is 184 Å². The normalized spacial score (nSPS) is 11.6. The van der Waals surface area contributed by atoms with E-state index in [1.807, 2.05) is 0 Å². The molecular formula is C26H24Cl2N4O8S. The van der Waals surface area contributed by atoms with Crippen molar-refractivity contribution < 1.29 is 37.4 Å². The molecule has 15 heteroatoms. The number of amides is 2. The van der Waals surface area contributed by atoms with E-state index in [1.54, 1.807) is 30.3 Å². The van der Waals surface area contributed by atoms with Gasteiger partial charge in [-0.1, -0.05) is 35.3 Å². The highest BCUT2D eigenvalue weighted by Gasteiger charge is 2.23. The summed E-state index contributed by atoms with van der Waals surface area (Å²) in [7, 11) is -2.91. The minimum Gasteiger partial charge on any atom is -0.484 e. The van der Waals surface area contributed by atoms with Gasteiger partial charge in [0.05, 0.1) is 35.7 Å². The van der Waals surface area contributed by atoms with Gasteiger partial charge in [-0.2, -0.15) is 0 Å². The molecule has 5 N–H and O–H groups in total. The van der Waals surface area contributed by atoms with Crippen LogP contribution < -0.4 is 20.1 Å². The van der Waals surface area contributed by atoms with Crippen molar-refractivity contribution in [3.63, 3.8) is 0 Å². The van der Waals surface area contributed by atoms with Crippen LogP contribution in [-0.2, 0) is 24.3 Å². The van der Waals surface area contributed by atoms with Gasteiger partial charge in [-0.25, -0.2) is 13.2 Å². The molecule has 0 fully saturated rings. The number of aliphatic carboxylic acids is 1. The number of anilines is 1. The molecule has 3 rings (SSSR count). The zero-order chi connectivity index (χ0) is 30.2. The second-order valence-corrected chi connectivity index (χ2v) is 10.8. The molecule has 0 spiro atoms. The van der Waals surface area contributed by atoms with Crippen molar-refractivity contribution in [3.8, 4) is 11.5 Å². The molecule has 0 aromatic heterocycles. The quantitative estimate of drug-likeness (QED) is 0.149. The van der Waals surface area contributed by atoms with Gasteiger partial charge in [0, 0.05) is 10.6 Å². The average molecular weight is 623 g/mol. The van der Waals surface area contributed by atoms with E-state index in [2.05, 4.69) is 20.1 Å². The third kappa shape index (κ3) is 8.83. The van der Waals surface area contributed by atoms with Crippen LogP contribution in [0.5, 0.6) is 11.5 Å². The first-order valence-corrected chi connectivity index (χ1v) is 13.9. The number of carboxylic acids is 1. The Bertz CT molecular complexity index is 1570. The predicted octanol–water partition coefficient (Wildman–Crippen LogP) is 3.90. The van der Waals surface area contributed by atoms with Gasteiger partial charge in [0.2, 0.25) is 5.91 Å². The van der Waals surface area contributed by atoms with E-state index in [0.717, 1.165) is 0 Å². The van der Waals surface area contributed by atoms with Crippen molar-refractivity contribution >= 4 is 62.6 Å². The number of hydrogen-bond donors (Lipinski definition) is 5. The Morgan fingerprint density at radius 2 is 1.68 bits per heavy atom. The first-order valence-electron chi connectivity index (χ1n) is 11.7. The zero-order valence-corrected chi connectivity index (χ0v) is 23.6. The standard InChI is InChI=1S/C26H24Cl2N4O8S/c1-39-23(29)13-20(26(35)36)31-24(33)14-30-25(34)15-6-9-17(10-7-15)41(37,38)32-19-4-2-3-5-22(19)40-21-11-8-16(27)12-18(21)28/h2-12,20,29,32H,13-14H2,1H3,(H,30,34)(H,31,33)(H,35,36)/t20-/m0/s1. The number of para-hydroxylation sites is 2. The van der Waals surface area contributed by atoms with Gasteiger partial charge in [0.1, 0.15) is 11.8 Å². The molecule has 12 nitrogen and oxygen atoms in total.